The molecule has 1 aliphatic rings. The Labute approximate surface area is 127 Å². The van der Waals surface area contributed by atoms with Gasteiger partial charge in [-0.15, -0.1) is 0 Å². The van der Waals surface area contributed by atoms with Crippen LogP contribution < -0.4 is 5.32 Å². The summed E-state index contributed by atoms with van der Waals surface area (Å²) in [7, 11) is 0. The molecule has 5 nitrogen and oxygen atoms in total. The SMILES string of the molecule is CC(C)(C)OC(=O)Nc1cc(Cl)c2c(C3CC3)noc2c1. The summed E-state index contributed by atoms with van der Waals surface area (Å²) in [6.45, 7) is 5.42. The molecule has 6 heteroatoms. The van der Waals surface area contributed by atoms with E-state index in [1.807, 2.05) is 0 Å². The Kier molecular flexibility index (Phi) is 3.32. The van der Waals surface area contributed by atoms with Gasteiger partial charge < -0.3 is 9.26 Å². The number of hydrogen-bond acceptors (Lipinski definition) is 4. The monoisotopic (exact) mass is 308 g/mol. The minimum Gasteiger partial charge on any atom is -0.444 e. The number of aromatic nitrogens is 1. The van der Waals surface area contributed by atoms with E-state index < -0.39 is 11.7 Å². The van der Waals surface area contributed by atoms with Crippen LogP contribution in [0.4, 0.5) is 10.5 Å². The van der Waals surface area contributed by atoms with E-state index in [1.165, 1.54) is 0 Å². The molecule has 0 radical (unpaired) electrons. The summed E-state index contributed by atoms with van der Waals surface area (Å²) in [5.74, 6) is 0.452. The number of fused-ring (bicyclic) bond motifs is 1. The van der Waals surface area contributed by atoms with E-state index in [2.05, 4.69) is 10.5 Å². The lowest BCUT2D eigenvalue weighted by atomic mass is 10.1. The van der Waals surface area contributed by atoms with Crippen molar-refractivity contribution in [3.63, 3.8) is 0 Å². The molecule has 1 N–H and O–H groups in total. The van der Waals surface area contributed by atoms with E-state index in [9.17, 15) is 4.79 Å². The number of anilines is 1. The van der Waals surface area contributed by atoms with Gasteiger partial charge in [0.1, 0.15) is 5.60 Å². The highest BCUT2D eigenvalue weighted by Crippen LogP contribution is 2.44. The Morgan fingerprint density at radius 1 is 1.43 bits per heavy atom. The fraction of sp³-hybridized carbons (Fsp3) is 0.467. The van der Waals surface area contributed by atoms with Gasteiger partial charge in [0.05, 0.1) is 16.1 Å². The molecule has 0 atom stereocenters. The Balaban J connectivity index is 1.86. The van der Waals surface area contributed by atoms with E-state index in [-0.39, 0.29) is 0 Å². The number of amides is 1. The average Bonchev–Trinajstić information content (AvgIpc) is 3.07. The van der Waals surface area contributed by atoms with Crippen LogP contribution in [0.1, 0.15) is 45.2 Å². The van der Waals surface area contributed by atoms with Crippen LogP contribution in [0.5, 0.6) is 0 Å². The molecule has 21 heavy (non-hydrogen) atoms. The highest BCUT2D eigenvalue weighted by molar-refractivity contribution is 6.36. The molecule has 0 saturated heterocycles. The molecule has 1 saturated carbocycles. The minimum absolute atomic E-state index is 0.452. The van der Waals surface area contributed by atoms with Crippen LogP contribution in [-0.4, -0.2) is 16.9 Å². The van der Waals surface area contributed by atoms with Crippen molar-refractivity contribution < 1.29 is 14.1 Å². The topological polar surface area (TPSA) is 64.4 Å². The Morgan fingerprint density at radius 2 is 2.14 bits per heavy atom. The summed E-state index contributed by atoms with van der Waals surface area (Å²) in [6, 6.07) is 3.40. The molecule has 1 aromatic carbocycles. The second-order valence-electron chi connectivity index (χ2n) is 6.30. The molecule has 0 bridgehead atoms. The van der Waals surface area contributed by atoms with Crippen LogP contribution in [0.3, 0.4) is 0 Å². The van der Waals surface area contributed by atoms with Crippen molar-refractivity contribution in [1.29, 1.82) is 0 Å². The first-order valence-electron chi connectivity index (χ1n) is 6.92. The Morgan fingerprint density at radius 3 is 2.76 bits per heavy atom. The molecule has 1 amide bonds. The number of halogens is 1. The predicted molar refractivity (Wildman–Crippen MR) is 80.9 cm³/mol. The van der Waals surface area contributed by atoms with Crippen LogP contribution in [0, 0.1) is 0 Å². The summed E-state index contributed by atoms with van der Waals surface area (Å²) in [4.78, 5) is 11.8. The zero-order valence-electron chi connectivity index (χ0n) is 12.2. The zero-order valence-corrected chi connectivity index (χ0v) is 13.0. The number of rotatable bonds is 2. The van der Waals surface area contributed by atoms with E-state index in [4.69, 9.17) is 20.9 Å². The van der Waals surface area contributed by atoms with Gasteiger partial charge in [-0.3, -0.25) is 5.32 Å². The number of carbonyl (C=O) groups excluding carboxylic acids is 1. The second kappa shape index (κ2) is 4.91. The van der Waals surface area contributed by atoms with E-state index >= 15 is 0 Å². The molecule has 0 unspecified atom stereocenters. The van der Waals surface area contributed by atoms with E-state index in [0.29, 0.717) is 22.2 Å². The molecule has 1 aromatic heterocycles. The van der Waals surface area contributed by atoms with Crippen molar-refractivity contribution in [3.8, 4) is 0 Å². The molecule has 1 aliphatic carbocycles. The molecule has 0 aliphatic heterocycles. The van der Waals surface area contributed by atoms with Gasteiger partial charge in [-0.1, -0.05) is 16.8 Å². The van der Waals surface area contributed by atoms with Gasteiger partial charge in [0, 0.05) is 17.7 Å². The summed E-state index contributed by atoms with van der Waals surface area (Å²) in [5, 5.41) is 8.12. The largest absolute Gasteiger partial charge is 0.444 e. The van der Waals surface area contributed by atoms with Gasteiger partial charge in [0.15, 0.2) is 5.58 Å². The summed E-state index contributed by atoms with van der Waals surface area (Å²) in [5.41, 5.74) is 1.47. The number of nitrogens with one attached hydrogen (secondary N) is 1. The number of carbonyl (C=O) groups is 1. The molecular formula is C15H17ClN2O3. The fourth-order valence-corrected chi connectivity index (χ4v) is 2.48. The number of benzene rings is 1. The Bertz CT molecular complexity index is 699. The normalized spacial score (nSPS) is 15.2. The van der Waals surface area contributed by atoms with Crippen molar-refractivity contribution in [2.24, 2.45) is 0 Å². The van der Waals surface area contributed by atoms with Crippen molar-refractivity contribution in [1.82, 2.24) is 5.16 Å². The maximum Gasteiger partial charge on any atom is 0.412 e. The number of nitrogens with zero attached hydrogens (tertiary/aromatic N) is 1. The lowest BCUT2D eigenvalue weighted by Crippen LogP contribution is -2.27. The standard InChI is InChI=1S/C15H17ClN2O3/c1-15(2,3)20-14(19)17-9-6-10(16)12-11(7-9)21-18-13(12)8-4-5-8/h6-8H,4-5H2,1-3H3,(H,17,19). The maximum absolute atomic E-state index is 11.8. The zero-order chi connectivity index (χ0) is 15.2. The lowest BCUT2D eigenvalue weighted by Gasteiger charge is -2.19. The fourth-order valence-electron chi connectivity index (χ4n) is 2.18. The van der Waals surface area contributed by atoms with Gasteiger partial charge in [0.25, 0.3) is 0 Å². The Hall–Kier alpha value is -1.75. The maximum atomic E-state index is 11.8. The van der Waals surface area contributed by atoms with Crippen LogP contribution in [0.25, 0.3) is 11.0 Å². The van der Waals surface area contributed by atoms with Gasteiger partial charge in [0.2, 0.25) is 0 Å². The van der Waals surface area contributed by atoms with E-state index in [0.717, 1.165) is 23.9 Å². The van der Waals surface area contributed by atoms with Crippen LogP contribution in [0.15, 0.2) is 16.7 Å². The lowest BCUT2D eigenvalue weighted by molar-refractivity contribution is 0.0636. The van der Waals surface area contributed by atoms with Crippen molar-refractivity contribution in [2.45, 2.75) is 45.1 Å². The smallest absolute Gasteiger partial charge is 0.412 e. The first-order valence-corrected chi connectivity index (χ1v) is 7.30. The minimum atomic E-state index is -0.552. The summed E-state index contributed by atoms with van der Waals surface area (Å²) in [6.07, 6.45) is 1.71. The average molecular weight is 309 g/mol. The third kappa shape index (κ3) is 3.13. The third-order valence-electron chi connectivity index (χ3n) is 3.16. The first kappa shape index (κ1) is 14.2. The van der Waals surface area contributed by atoms with Crippen LogP contribution in [0.2, 0.25) is 5.02 Å². The highest BCUT2D eigenvalue weighted by Gasteiger charge is 2.30. The molecule has 1 fully saturated rings. The van der Waals surface area contributed by atoms with Gasteiger partial charge in [-0.05, 0) is 39.7 Å². The van der Waals surface area contributed by atoms with Crippen LogP contribution in [-0.2, 0) is 4.74 Å². The second-order valence-corrected chi connectivity index (χ2v) is 6.71. The highest BCUT2D eigenvalue weighted by atomic mass is 35.5. The third-order valence-corrected chi connectivity index (χ3v) is 3.46. The molecule has 0 spiro atoms. The van der Waals surface area contributed by atoms with Gasteiger partial charge in [-0.2, -0.15) is 0 Å². The quantitative estimate of drug-likeness (QED) is 0.873. The molecular weight excluding hydrogens is 292 g/mol. The van der Waals surface area contributed by atoms with E-state index in [1.54, 1.807) is 32.9 Å². The molecule has 2 aromatic rings. The summed E-state index contributed by atoms with van der Waals surface area (Å²) < 4.78 is 10.5. The first-order chi connectivity index (χ1) is 9.83. The van der Waals surface area contributed by atoms with Gasteiger partial charge in [-0.25, -0.2) is 4.79 Å². The molecule has 1 heterocycles. The van der Waals surface area contributed by atoms with Crippen LogP contribution >= 0.6 is 11.6 Å². The van der Waals surface area contributed by atoms with Crippen molar-refractivity contribution >= 4 is 34.4 Å². The van der Waals surface area contributed by atoms with Gasteiger partial charge >= 0.3 is 6.09 Å². The summed E-state index contributed by atoms with van der Waals surface area (Å²) >= 11 is 6.30. The van der Waals surface area contributed by atoms with Crippen molar-refractivity contribution in [3.05, 3.63) is 22.8 Å². The molecule has 3 rings (SSSR count). The number of ether oxygens (including phenoxy) is 1. The predicted octanol–water partition coefficient (Wildman–Crippen LogP) is 4.71. The number of hydrogen-bond donors (Lipinski definition) is 1. The molecule has 112 valence electrons. The van der Waals surface area contributed by atoms with Crippen molar-refractivity contribution in [2.75, 3.05) is 5.32 Å².